The van der Waals surface area contributed by atoms with E-state index in [1.54, 1.807) is 0 Å². The zero-order chi connectivity index (χ0) is 11.9. The van der Waals surface area contributed by atoms with Gasteiger partial charge >= 0.3 is 0 Å². The Hall–Kier alpha value is -1.30. The van der Waals surface area contributed by atoms with Gasteiger partial charge in [0.25, 0.3) is 0 Å². The maximum atomic E-state index is 12.1. The van der Waals surface area contributed by atoms with Crippen molar-refractivity contribution < 1.29 is 9.59 Å². The Bertz CT molecular complexity index is 345. The molecule has 1 saturated carbocycles. The molecule has 3 nitrogen and oxygen atoms in total. The smallest absolute Gasteiger partial charge is 0.233 e. The van der Waals surface area contributed by atoms with E-state index in [4.69, 9.17) is 6.42 Å². The predicted octanol–water partition coefficient (Wildman–Crippen LogP) is 1.43. The van der Waals surface area contributed by atoms with Gasteiger partial charge in [-0.05, 0) is 25.7 Å². The number of fused-ring (bicyclic) bond motifs is 1. The first-order chi connectivity index (χ1) is 7.56. The van der Waals surface area contributed by atoms with Gasteiger partial charge in [0, 0.05) is 12.5 Å². The standard InChI is InChI=1S/C13H17NO2/c1-4-5-9(3)14-12(15)10-6-8(2)7-11(10)13(14)16/h1,8-11H,5-7H2,2-3H3. The third-order valence-electron chi connectivity index (χ3n) is 3.76. The highest BCUT2D eigenvalue weighted by molar-refractivity contribution is 6.05. The Kier molecular flexibility index (Phi) is 2.75. The van der Waals surface area contributed by atoms with Crippen molar-refractivity contribution >= 4 is 11.8 Å². The number of hydrogen-bond acceptors (Lipinski definition) is 2. The number of hydrogen-bond donors (Lipinski definition) is 0. The molecule has 2 fully saturated rings. The molecule has 3 atom stereocenters. The van der Waals surface area contributed by atoms with Crippen LogP contribution in [-0.2, 0) is 9.59 Å². The minimum atomic E-state index is -0.147. The summed E-state index contributed by atoms with van der Waals surface area (Å²) in [5, 5.41) is 0. The Morgan fingerprint density at radius 2 is 1.88 bits per heavy atom. The quantitative estimate of drug-likeness (QED) is 0.520. The van der Waals surface area contributed by atoms with Crippen molar-refractivity contribution in [3.8, 4) is 12.3 Å². The highest BCUT2D eigenvalue weighted by Crippen LogP contribution is 2.43. The van der Waals surface area contributed by atoms with Crippen molar-refractivity contribution in [1.29, 1.82) is 0 Å². The van der Waals surface area contributed by atoms with E-state index in [1.165, 1.54) is 4.90 Å². The highest BCUT2D eigenvalue weighted by atomic mass is 16.2. The predicted molar refractivity (Wildman–Crippen MR) is 60.1 cm³/mol. The van der Waals surface area contributed by atoms with E-state index in [0.29, 0.717) is 12.3 Å². The van der Waals surface area contributed by atoms with Crippen molar-refractivity contribution in [3.63, 3.8) is 0 Å². The fourth-order valence-corrected chi connectivity index (χ4v) is 3.00. The Morgan fingerprint density at radius 1 is 1.38 bits per heavy atom. The summed E-state index contributed by atoms with van der Waals surface area (Å²) in [4.78, 5) is 25.6. The fraction of sp³-hybridized carbons (Fsp3) is 0.692. The molecule has 0 bridgehead atoms. The summed E-state index contributed by atoms with van der Waals surface area (Å²) in [7, 11) is 0. The monoisotopic (exact) mass is 219 g/mol. The van der Waals surface area contributed by atoms with E-state index in [9.17, 15) is 9.59 Å². The number of amides is 2. The van der Waals surface area contributed by atoms with Crippen LogP contribution in [-0.4, -0.2) is 22.8 Å². The number of terminal acetylenes is 1. The molecule has 1 heterocycles. The van der Waals surface area contributed by atoms with E-state index >= 15 is 0 Å². The van der Waals surface area contributed by atoms with Crippen molar-refractivity contribution in [2.75, 3.05) is 0 Å². The number of rotatable bonds is 2. The lowest BCUT2D eigenvalue weighted by Crippen LogP contribution is -2.39. The zero-order valence-corrected chi connectivity index (χ0v) is 9.77. The van der Waals surface area contributed by atoms with Gasteiger partial charge < -0.3 is 0 Å². The Labute approximate surface area is 96.2 Å². The van der Waals surface area contributed by atoms with Gasteiger partial charge in [-0.3, -0.25) is 14.5 Å². The van der Waals surface area contributed by atoms with Crippen LogP contribution in [0.15, 0.2) is 0 Å². The van der Waals surface area contributed by atoms with Crippen molar-refractivity contribution in [2.45, 2.75) is 39.2 Å². The molecule has 0 aromatic rings. The summed E-state index contributed by atoms with van der Waals surface area (Å²) in [5.74, 6) is 2.88. The molecule has 2 amide bonds. The zero-order valence-electron chi connectivity index (χ0n) is 9.77. The van der Waals surface area contributed by atoms with Crippen LogP contribution in [0.1, 0.15) is 33.1 Å². The van der Waals surface area contributed by atoms with E-state index in [2.05, 4.69) is 12.8 Å². The second-order valence-electron chi connectivity index (χ2n) is 5.09. The van der Waals surface area contributed by atoms with Crippen LogP contribution in [0.2, 0.25) is 0 Å². The molecule has 86 valence electrons. The first-order valence-electron chi connectivity index (χ1n) is 5.86. The molecule has 3 heteroatoms. The van der Waals surface area contributed by atoms with Gasteiger partial charge in [-0.2, -0.15) is 0 Å². The SMILES string of the molecule is C#CCC(C)N1C(=O)C2CC(C)CC2C1=O. The molecule has 1 aliphatic carbocycles. The number of nitrogens with zero attached hydrogens (tertiary/aromatic N) is 1. The normalized spacial score (nSPS) is 35.1. The summed E-state index contributed by atoms with van der Waals surface area (Å²) in [5.41, 5.74) is 0. The second-order valence-corrected chi connectivity index (χ2v) is 5.09. The van der Waals surface area contributed by atoms with Crippen LogP contribution in [0, 0.1) is 30.1 Å². The van der Waals surface area contributed by atoms with Crippen molar-refractivity contribution in [2.24, 2.45) is 17.8 Å². The average Bonchev–Trinajstić information content (AvgIpc) is 2.68. The van der Waals surface area contributed by atoms with E-state index in [1.807, 2.05) is 6.92 Å². The molecule has 0 radical (unpaired) electrons. The molecule has 0 aromatic carbocycles. The molecule has 0 spiro atoms. The molecule has 2 rings (SSSR count). The first-order valence-corrected chi connectivity index (χ1v) is 5.86. The molecule has 16 heavy (non-hydrogen) atoms. The summed E-state index contributed by atoms with van der Waals surface area (Å²) >= 11 is 0. The molecule has 1 saturated heterocycles. The number of carbonyl (C=O) groups excluding carboxylic acids is 2. The molecule has 2 aliphatic rings. The third-order valence-corrected chi connectivity index (χ3v) is 3.76. The lowest BCUT2D eigenvalue weighted by Gasteiger charge is -2.22. The minimum Gasteiger partial charge on any atom is -0.278 e. The van der Waals surface area contributed by atoms with Gasteiger partial charge in [0.15, 0.2) is 0 Å². The Morgan fingerprint density at radius 3 is 2.31 bits per heavy atom. The van der Waals surface area contributed by atoms with Crippen LogP contribution >= 0.6 is 0 Å². The maximum absolute atomic E-state index is 12.1. The lowest BCUT2D eigenvalue weighted by molar-refractivity contribution is -0.142. The molecule has 0 aromatic heterocycles. The van der Waals surface area contributed by atoms with Gasteiger partial charge in [0.2, 0.25) is 11.8 Å². The topological polar surface area (TPSA) is 37.4 Å². The first kappa shape index (κ1) is 11.2. The van der Waals surface area contributed by atoms with Crippen LogP contribution in [0.3, 0.4) is 0 Å². The molecular weight excluding hydrogens is 202 g/mol. The number of likely N-dealkylation sites (tertiary alicyclic amines) is 1. The van der Waals surface area contributed by atoms with Crippen LogP contribution in [0.5, 0.6) is 0 Å². The largest absolute Gasteiger partial charge is 0.278 e. The summed E-state index contributed by atoms with van der Waals surface area (Å²) < 4.78 is 0. The van der Waals surface area contributed by atoms with E-state index < -0.39 is 0 Å². The minimum absolute atomic E-state index is 0.00194. The summed E-state index contributed by atoms with van der Waals surface area (Å²) in [6.07, 6.45) is 7.39. The fourth-order valence-electron chi connectivity index (χ4n) is 3.00. The molecular formula is C13H17NO2. The van der Waals surface area contributed by atoms with E-state index in [0.717, 1.165) is 12.8 Å². The molecule has 0 N–H and O–H groups in total. The number of imide groups is 1. The van der Waals surface area contributed by atoms with Gasteiger partial charge in [-0.15, -0.1) is 12.3 Å². The molecule has 3 unspecified atom stereocenters. The second kappa shape index (κ2) is 3.93. The highest BCUT2D eigenvalue weighted by Gasteiger charge is 2.52. The van der Waals surface area contributed by atoms with Gasteiger partial charge in [-0.1, -0.05) is 6.92 Å². The summed E-state index contributed by atoms with van der Waals surface area (Å²) in [6.45, 7) is 3.95. The van der Waals surface area contributed by atoms with Gasteiger partial charge in [0.05, 0.1) is 11.8 Å². The molecule has 1 aliphatic heterocycles. The number of carbonyl (C=O) groups is 2. The Balaban J connectivity index is 2.18. The average molecular weight is 219 g/mol. The van der Waals surface area contributed by atoms with Gasteiger partial charge in [0.1, 0.15) is 0 Å². The third kappa shape index (κ3) is 1.53. The van der Waals surface area contributed by atoms with Crippen molar-refractivity contribution in [1.82, 2.24) is 4.90 Å². The maximum Gasteiger partial charge on any atom is 0.233 e. The van der Waals surface area contributed by atoms with Gasteiger partial charge in [-0.25, -0.2) is 0 Å². The van der Waals surface area contributed by atoms with Crippen LogP contribution in [0.4, 0.5) is 0 Å². The van der Waals surface area contributed by atoms with Crippen molar-refractivity contribution in [3.05, 3.63) is 0 Å². The summed E-state index contributed by atoms with van der Waals surface area (Å²) in [6, 6.07) is -0.147. The lowest BCUT2D eigenvalue weighted by atomic mass is 10.00. The van der Waals surface area contributed by atoms with Crippen LogP contribution < -0.4 is 0 Å². The van der Waals surface area contributed by atoms with E-state index in [-0.39, 0.29) is 29.7 Å². The van der Waals surface area contributed by atoms with Crippen LogP contribution in [0.25, 0.3) is 0 Å².